The fourth-order valence-electron chi connectivity index (χ4n) is 4.61. The lowest BCUT2D eigenvalue weighted by atomic mass is 9.77. The minimum Gasteiger partial charge on any atom is -0.481 e. The van der Waals surface area contributed by atoms with Gasteiger partial charge in [0.05, 0.1) is 17.1 Å². The molecule has 0 bridgehead atoms. The molecule has 2 saturated heterocycles. The number of carbonyl (C=O) groups is 1. The number of rotatable bonds is 5. The van der Waals surface area contributed by atoms with E-state index < -0.39 is 5.97 Å². The molecule has 5 nitrogen and oxygen atoms in total. The second kappa shape index (κ2) is 6.05. The van der Waals surface area contributed by atoms with Crippen LogP contribution in [0.5, 0.6) is 0 Å². The molecule has 1 aliphatic carbocycles. The molecule has 0 aromatic rings. The molecule has 3 aliphatic rings. The van der Waals surface area contributed by atoms with Crippen molar-refractivity contribution < 1.29 is 19.2 Å². The first-order valence-corrected chi connectivity index (χ1v) is 9.00. The van der Waals surface area contributed by atoms with Gasteiger partial charge in [-0.3, -0.25) is 4.79 Å². The van der Waals surface area contributed by atoms with Crippen LogP contribution in [0.4, 0.5) is 0 Å². The van der Waals surface area contributed by atoms with Gasteiger partial charge in [-0.05, 0) is 77.7 Å². The molecule has 3 fully saturated rings. The van der Waals surface area contributed by atoms with Crippen LogP contribution in [0.2, 0.25) is 6.32 Å². The maximum Gasteiger partial charge on any atom is 0.457 e. The molecular weight excluding hydrogens is 293 g/mol. The van der Waals surface area contributed by atoms with Gasteiger partial charge < -0.3 is 19.7 Å². The van der Waals surface area contributed by atoms with E-state index in [0.717, 1.165) is 38.7 Å². The highest BCUT2D eigenvalue weighted by atomic mass is 16.7. The molecule has 3 rings (SSSR count). The fourth-order valence-corrected chi connectivity index (χ4v) is 4.61. The molecule has 4 unspecified atom stereocenters. The van der Waals surface area contributed by atoms with Gasteiger partial charge in [0, 0.05) is 0 Å². The average molecular weight is 323 g/mol. The number of hydrogen-bond acceptors (Lipinski definition) is 4. The molecule has 0 spiro atoms. The van der Waals surface area contributed by atoms with E-state index in [1.54, 1.807) is 0 Å². The first kappa shape index (κ1) is 17.2. The monoisotopic (exact) mass is 323 g/mol. The summed E-state index contributed by atoms with van der Waals surface area (Å²) in [4.78, 5) is 11.6. The van der Waals surface area contributed by atoms with Crippen LogP contribution in [0.25, 0.3) is 0 Å². The van der Waals surface area contributed by atoms with Gasteiger partial charge in [-0.1, -0.05) is 6.42 Å². The van der Waals surface area contributed by atoms with Crippen molar-refractivity contribution in [3.05, 3.63) is 0 Å². The minimum absolute atomic E-state index is 0.162. The summed E-state index contributed by atoms with van der Waals surface area (Å²) in [6, 6.07) is 0. The van der Waals surface area contributed by atoms with Gasteiger partial charge in [0.1, 0.15) is 0 Å². The lowest BCUT2D eigenvalue weighted by Gasteiger charge is -2.32. The van der Waals surface area contributed by atoms with Crippen LogP contribution in [0.1, 0.15) is 47.0 Å². The molecule has 23 heavy (non-hydrogen) atoms. The molecule has 130 valence electrons. The second-order valence-corrected chi connectivity index (χ2v) is 8.54. The molecule has 0 amide bonds. The maximum absolute atomic E-state index is 11.6. The fraction of sp³-hybridized carbons (Fsp3) is 0.941. The van der Waals surface area contributed by atoms with E-state index in [1.807, 2.05) is 0 Å². The molecule has 0 aromatic heterocycles. The highest BCUT2D eigenvalue weighted by Crippen LogP contribution is 2.46. The summed E-state index contributed by atoms with van der Waals surface area (Å²) in [5.74, 6) is 0.618. The Morgan fingerprint density at radius 2 is 1.87 bits per heavy atom. The minimum atomic E-state index is -0.611. The van der Waals surface area contributed by atoms with E-state index in [1.165, 1.54) is 0 Å². The number of carboxylic acids is 1. The van der Waals surface area contributed by atoms with Crippen LogP contribution in [0.3, 0.4) is 0 Å². The van der Waals surface area contributed by atoms with E-state index in [-0.39, 0.29) is 24.2 Å². The summed E-state index contributed by atoms with van der Waals surface area (Å²) in [6.07, 6.45) is 3.62. The van der Waals surface area contributed by atoms with Gasteiger partial charge in [0.15, 0.2) is 0 Å². The standard InChI is InChI=1S/C17H30BNO4/c1-16(2)17(3,4)23-18(22-16)7-5-6-12-13(15(20)21)8-11-9-19-10-14(11)12/h11-14,19H,5-10H2,1-4H3,(H,20,21). The Morgan fingerprint density at radius 3 is 2.48 bits per heavy atom. The van der Waals surface area contributed by atoms with Gasteiger partial charge in [-0.2, -0.15) is 0 Å². The summed E-state index contributed by atoms with van der Waals surface area (Å²) >= 11 is 0. The highest BCUT2D eigenvalue weighted by Gasteiger charge is 2.51. The second-order valence-electron chi connectivity index (χ2n) is 8.54. The quantitative estimate of drug-likeness (QED) is 0.761. The Labute approximate surface area is 139 Å². The largest absolute Gasteiger partial charge is 0.481 e. The Hall–Kier alpha value is -0.585. The third kappa shape index (κ3) is 3.18. The van der Waals surface area contributed by atoms with E-state index in [2.05, 4.69) is 33.0 Å². The van der Waals surface area contributed by atoms with E-state index in [9.17, 15) is 9.90 Å². The molecule has 1 saturated carbocycles. The number of hydrogen-bond donors (Lipinski definition) is 2. The van der Waals surface area contributed by atoms with Crippen molar-refractivity contribution in [2.24, 2.45) is 23.7 Å². The first-order chi connectivity index (χ1) is 10.7. The molecule has 0 radical (unpaired) electrons. The number of carboxylic acid groups (broad SMARTS) is 1. The van der Waals surface area contributed by atoms with Gasteiger partial charge in [-0.15, -0.1) is 0 Å². The van der Waals surface area contributed by atoms with Crippen LogP contribution < -0.4 is 5.32 Å². The topological polar surface area (TPSA) is 67.8 Å². The summed E-state index contributed by atoms with van der Waals surface area (Å²) < 4.78 is 12.1. The maximum atomic E-state index is 11.6. The van der Waals surface area contributed by atoms with Gasteiger partial charge in [0.2, 0.25) is 0 Å². The van der Waals surface area contributed by atoms with Crippen molar-refractivity contribution in [3.8, 4) is 0 Å². The van der Waals surface area contributed by atoms with Crippen LogP contribution >= 0.6 is 0 Å². The molecule has 2 heterocycles. The molecular formula is C17H30BNO4. The van der Waals surface area contributed by atoms with E-state index in [0.29, 0.717) is 17.8 Å². The molecule has 4 atom stereocenters. The Morgan fingerprint density at radius 1 is 1.22 bits per heavy atom. The van der Waals surface area contributed by atoms with Crippen LogP contribution in [-0.2, 0) is 14.1 Å². The summed E-state index contributed by atoms with van der Waals surface area (Å²) in [5, 5.41) is 12.9. The third-order valence-corrected chi connectivity index (χ3v) is 6.61. The Balaban J connectivity index is 1.53. The van der Waals surface area contributed by atoms with Crippen molar-refractivity contribution in [2.75, 3.05) is 13.1 Å². The third-order valence-electron chi connectivity index (χ3n) is 6.61. The van der Waals surface area contributed by atoms with E-state index in [4.69, 9.17) is 9.31 Å². The lowest BCUT2D eigenvalue weighted by molar-refractivity contribution is -0.143. The van der Waals surface area contributed by atoms with Gasteiger partial charge in [0.25, 0.3) is 0 Å². The predicted molar refractivity (Wildman–Crippen MR) is 89.2 cm³/mol. The normalized spacial score (nSPS) is 38.0. The molecule has 2 aliphatic heterocycles. The zero-order chi connectivity index (χ0) is 16.8. The zero-order valence-electron chi connectivity index (χ0n) is 14.8. The van der Waals surface area contributed by atoms with Crippen LogP contribution in [0, 0.1) is 23.7 Å². The van der Waals surface area contributed by atoms with E-state index >= 15 is 0 Å². The van der Waals surface area contributed by atoms with Crippen molar-refractivity contribution in [1.29, 1.82) is 0 Å². The molecule has 2 N–H and O–H groups in total. The lowest BCUT2D eigenvalue weighted by Crippen LogP contribution is -2.41. The molecule has 6 heteroatoms. The first-order valence-electron chi connectivity index (χ1n) is 9.00. The number of nitrogens with one attached hydrogen (secondary N) is 1. The average Bonchev–Trinajstić information content (AvgIpc) is 3.03. The Kier molecular flexibility index (Phi) is 4.53. The summed E-state index contributed by atoms with van der Waals surface area (Å²) in [7, 11) is -0.165. The Bertz CT molecular complexity index is 452. The highest BCUT2D eigenvalue weighted by molar-refractivity contribution is 6.45. The summed E-state index contributed by atoms with van der Waals surface area (Å²) in [5.41, 5.74) is -0.565. The predicted octanol–water partition coefficient (Wildman–Crippen LogP) is 2.42. The van der Waals surface area contributed by atoms with Gasteiger partial charge in [-0.25, -0.2) is 0 Å². The number of aliphatic carboxylic acids is 1. The van der Waals surface area contributed by atoms with Crippen molar-refractivity contribution in [1.82, 2.24) is 5.32 Å². The zero-order valence-corrected chi connectivity index (χ0v) is 14.8. The van der Waals surface area contributed by atoms with Crippen molar-refractivity contribution in [2.45, 2.75) is 64.5 Å². The summed E-state index contributed by atoms with van der Waals surface area (Å²) in [6.45, 7) is 10.2. The van der Waals surface area contributed by atoms with Crippen molar-refractivity contribution in [3.63, 3.8) is 0 Å². The molecule has 0 aromatic carbocycles. The van der Waals surface area contributed by atoms with Crippen LogP contribution in [-0.4, -0.2) is 42.5 Å². The van der Waals surface area contributed by atoms with Crippen molar-refractivity contribution >= 4 is 13.1 Å². The smallest absolute Gasteiger partial charge is 0.457 e. The SMILES string of the molecule is CC1(C)OB(CCCC2C(C(=O)O)CC3CNCC32)OC1(C)C. The van der Waals surface area contributed by atoms with Gasteiger partial charge >= 0.3 is 13.1 Å². The van der Waals surface area contributed by atoms with Crippen LogP contribution in [0.15, 0.2) is 0 Å². The number of fused-ring (bicyclic) bond motifs is 1.